The third-order valence-electron chi connectivity index (χ3n) is 12.7. The summed E-state index contributed by atoms with van der Waals surface area (Å²) in [6.07, 6.45) is 0. The van der Waals surface area contributed by atoms with Crippen molar-refractivity contribution in [1.29, 1.82) is 0 Å². The van der Waals surface area contributed by atoms with Gasteiger partial charge in [0.15, 0.2) is 8.07 Å². The maximum atomic E-state index is 2.68. The van der Waals surface area contributed by atoms with Gasteiger partial charge < -0.3 is 9.80 Å². The summed E-state index contributed by atoms with van der Waals surface area (Å²) in [6.45, 7) is 9.29. The molecule has 3 aliphatic rings. The topological polar surface area (TPSA) is 6.48 Å². The molecule has 0 spiro atoms. The van der Waals surface area contributed by atoms with E-state index >= 15 is 0 Å². The van der Waals surface area contributed by atoms with Crippen molar-refractivity contribution >= 4 is 86.0 Å². The van der Waals surface area contributed by atoms with E-state index in [0.29, 0.717) is 0 Å². The molecular weight excluding hydrogens is 703 g/mol. The lowest BCUT2D eigenvalue weighted by Gasteiger charge is -2.45. The second-order valence-electron chi connectivity index (χ2n) is 17.0. The monoisotopic (exact) mass is 746 g/mol. The van der Waals surface area contributed by atoms with E-state index in [0.717, 1.165) is 0 Å². The zero-order valence-corrected chi connectivity index (χ0v) is 33.9. The molecule has 0 N–H and O–H groups in total. The first-order valence-corrected chi connectivity index (χ1v) is 22.2. The average Bonchev–Trinajstić information content (AvgIpc) is 3.53. The fourth-order valence-electron chi connectivity index (χ4n) is 10.2. The van der Waals surface area contributed by atoms with Crippen molar-refractivity contribution in [3.05, 3.63) is 199 Å². The van der Waals surface area contributed by atoms with Gasteiger partial charge >= 0.3 is 0 Å². The predicted molar refractivity (Wildman–Crippen MR) is 247 cm³/mol. The van der Waals surface area contributed by atoms with Crippen LogP contribution in [0.4, 0.5) is 34.1 Å². The first kappa shape index (κ1) is 33.9. The summed E-state index contributed by atoms with van der Waals surface area (Å²) in [6, 6.07) is 71.5. The van der Waals surface area contributed by atoms with Crippen molar-refractivity contribution < 1.29 is 0 Å². The van der Waals surface area contributed by atoms with Gasteiger partial charge in [-0.15, -0.1) is 0 Å². The van der Waals surface area contributed by atoms with E-state index in [4.69, 9.17) is 0 Å². The Morgan fingerprint density at radius 3 is 1.53 bits per heavy atom. The zero-order chi connectivity index (χ0) is 38.5. The maximum absolute atomic E-state index is 2.75. The fraction of sp³-hybridized carbons (Fsp3) is 0.0943. The molecule has 8 aromatic carbocycles. The van der Waals surface area contributed by atoms with E-state index in [1.165, 1.54) is 93.5 Å². The van der Waals surface area contributed by atoms with Crippen LogP contribution in [0.1, 0.15) is 31.9 Å². The molecule has 3 aliphatic heterocycles. The van der Waals surface area contributed by atoms with Crippen LogP contribution in [0.25, 0.3) is 11.1 Å². The van der Waals surface area contributed by atoms with Crippen LogP contribution in [0.15, 0.2) is 188 Å². The standard InChI is InChI=1S/C53H43BN2Si/c1-36-31-48-52-49(32-36)56(39-21-11-6-12-22-39)47-34-43-42-27-17-18-28-50(42)57(40-23-13-7-14-24-40,41-25-15-8-16-26-41)51(43)35-45(47)54(52)44-33-37(53(2,3)4)29-30-46(44)55(48)38-19-9-5-10-20-38/h5-35H,1-4H3. The number of anilines is 6. The van der Waals surface area contributed by atoms with Gasteiger partial charge in [-0.25, -0.2) is 0 Å². The van der Waals surface area contributed by atoms with Crippen LogP contribution in [-0.2, 0) is 5.41 Å². The summed E-state index contributed by atoms with van der Waals surface area (Å²) >= 11 is 0. The largest absolute Gasteiger partial charge is 0.311 e. The van der Waals surface area contributed by atoms with Crippen LogP contribution >= 0.6 is 0 Å². The highest BCUT2D eigenvalue weighted by Gasteiger charge is 2.51. The van der Waals surface area contributed by atoms with Gasteiger partial charge in [-0.2, -0.15) is 0 Å². The summed E-state index contributed by atoms with van der Waals surface area (Å²) in [5.41, 5.74) is 16.7. The Kier molecular flexibility index (Phi) is 7.49. The average molecular weight is 747 g/mol. The number of hydrogen-bond acceptors (Lipinski definition) is 2. The molecule has 11 rings (SSSR count). The number of benzene rings is 8. The highest BCUT2D eigenvalue weighted by Crippen LogP contribution is 2.46. The molecule has 4 heteroatoms. The molecule has 272 valence electrons. The molecule has 0 atom stereocenters. The van der Waals surface area contributed by atoms with Gasteiger partial charge in [-0.05, 0) is 120 Å². The van der Waals surface area contributed by atoms with Crippen molar-refractivity contribution in [1.82, 2.24) is 0 Å². The lowest BCUT2D eigenvalue weighted by atomic mass is 9.33. The molecule has 0 fully saturated rings. The van der Waals surface area contributed by atoms with Gasteiger partial charge in [-0.1, -0.05) is 160 Å². The Balaban J connectivity index is 1.30. The minimum Gasteiger partial charge on any atom is -0.311 e. The molecule has 0 bridgehead atoms. The number of nitrogens with zero attached hydrogens (tertiary/aromatic N) is 2. The van der Waals surface area contributed by atoms with Crippen LogP contribution in [0.5, 0.6) is 0 Å². The van der Waals surface area contributed by atoms with Crippen LogP contribution in [0.3, 0.4) is 0 Å². The van der Waals surface area contributed by atoms with Crippen molar-refractivity contribution in [3.63, 3.8) is 0 Å². The third-order valence-corrected chi connectivity index (χ3v) is 17.5. The summed E-state index contributed by atoms with van der Waals surface area (Å²) in [5, 5.41) is 5.78. The molecule has 3 heterocycles. The molecule has 8 aromatic rings. The molecule has 0 radical (unpaired) electrons. The Bertz CT molecular complexity index is 2810. The Labute approximate surface area is 337 Å². The molecule has 57 heavy (non-hydrogen) atoms. The van der Waals surface area contributed by atoms with E-state index in [1.54, 1.807) is 0 Å². The lowest BCUT2D eigenvalue weighted by Crippen LogP contribution is -2.73. The van der Waals surface area contributed by atoms with Crippen LogP contribution in [0.2, 0.25) is 0 Å². The second-order valence-corrected chi connectivity index (χ2v) is 20.7. The van der Waals surface area contributed by atoms with E-state index < -0.39 is 8.07 Å². The number of rotatable bonds is 4. The fourth-order valence-corrected chi connectivity index (χ4v) is 15.5. The van der Waals surface area contributed by atoms with Crippen LogP contribution in [0, 0.1) is 6.92 Å². The molecule has 0 aliphatic carbocycles. The van der Waals surface area contributed by atoms with E-state index in [1.807, 2.05) is 0 Å². The van der Waals surface area contributed by atoms with Gasteiger partial charge in [0.1, 0.15) is 0 Å². The SMILES string of the molecule is Cc1cc2c3c(c1)N(c1ccccc1)c1cc4c(cc1B3c1cc(C(C)(C)C)ccc1N2c1ccccc1)[Si](c1ccccc1)(c1ccccc1)c1ccccc1-4. The number of fused-ring (bicyclic) bond motifs is 7. The summed E-state index contributed by atoms with van der Waals surface area (Å²) < 4.78 is 0. The van der Waals surface area contributed by atoms with Crippen molar-refractivity contribution in [2.24, 2.45) is 0 Å². The predicted octanol–water partition coefficient (Wildman–Crippen LogP) is 8.73. The summed E-state index contributed by atoms with van der Waals surface area (Å²) in [7, 11) is -2.75. The highest BCUT2D eigenvalue weighted by atomic mass is 28.3. The Morgan fingerprint density at radius 2 is 0.947 bits per heavy atom. The first-order valence-electron chi connectivity index (χ1n) is 20.2. The first-order chi connectivity index (χ1) is 27.8. The molecule has 0 unspecified atom stereocenters. The normalized spacial score (nSPS) is 14.4. The molecule has 2 nitrogen and oxygen atoms in total. The number of aryl methyl sites for hydroxylation is 1. The molecule has 0 aromatic heterocycles. The molecule has 0 amide bonds. The van der Waals surface area contributed by atoms with E-state index in [9.17, 15) is 0 Å². The van der Waals surface area contributed by atoms with Crippen molar-refractivity contribution in [3.8, 4) is 11.1 Å². The van der Waals surface area contributed by atoms with Gasteiger partial charge in [0, 0.05) is 34.1 Å². The second kappa shape index (κ2) is 12.6. The van der Waals surface area contributed by atoms with Crippen molar-refractivity contribution in [2.75, 3.05) is 9.80 Å². The van der Waals surface area contributed by atoms with Crippen LogP contribution in [-0.4, -0.2) is 14.8 Å². The third kappa shape index (κ3) is 4.90. The molecular formula is C53H43BN2Si. The van der Waals surface area contributed by atoms with Gasteiger partial charge in [-0.3, -0.25) is 0 Å². The van der Waals surface area contributed by atoms with Crippen LogP contribution < -0.4 is 46.9 Å². The highest BCUT2D eigenvalue weighted by molar-refractivity contribution is 7.22. The summed E-state index contributed by atoms with van der Waals surface area (Å²) in [5.74, 6) is 0. The molecule has 0 saturated carbocycles. The number of para-hydroxylation sites is 2. The van der Waals surface area contributed by atoms with Gasteiger partial charge in [0.2, 0.25) is 0 Å². The Hall–Kier alpha value is -6.36. The zero-order valence-electron chi connectivity index (χ0n) is 32.9. The number of hydrogen-bond donors (Lipinski definition) is 0. The minimum absolute atomic E-state index is 0.0151. The van der Waals surface area contributed by atoms with E-state index in [2.05, 4.69) is 226 Å². The molecule has 0 saturated heterocycles. The van der Waals surface area contributed by atoms with Gasteiger partial charge in [0.05, 0.1) is 0 Å². The van der Waals surface area contributed by atoms with E-state index in [-0.39, 0.29) is 12.1 Å². The quantitative estimate of drug-likeness (QED) is 0.166. The summed E-state index contributed by atoms with van der Waals surface area (Å²) in [4.78, 5) is 5.09. The minimum atomic E-state index is -2.75. The smallest absolute Gasteiger partial charge is 0.252 e. The van der Waals surface area contributed by atoms with Gasteiger partial charge in [0.25, 0.3) is 6.71 Å². The maximum Gasteiger partial charge on any atom is 0.252 e. The Morgan fingerprint density at radius 1 is 0.439 bits per heavy atom. The van der Waals surface area contributed by atoms with Crippen molar-refractivity contribution in [2.45, 2.75) is 33.1 Å². The lowest BCUT2D eigenvalue weighted by molar-refractivity contribution is 0.591.